The molecule has 1 atom stereocenters. The fourth-order valence-electron chi connectivity index (χ4n) is 2.61. The van der Waals surface area contributed by atoms with Crippen molar-refractivity contribution < 1.29 is 14.3 Å². The minimum Gasteiger partial charge on any atom is -0.484 e. The predicted octanol–water partition coefficient (Wildman–Crippen LogP) is 6.17. The highest BCUT2D eigenvalue weighted by Crippen LogP contribution is 2.30. The van der Waals surface area contributed by atoms with Gasteiger partial charge in [-0.05, 0) is 78.0 Å². The number of aryl methyl sites for hydroxylation is 1. The molecule has 4 nitrogen and oxygen atoms in total. The van der Waals surface area contributed by atoms with E-state index in [2.05, 4.69) is 27.8 Å². The summed E-state index contributed by atoms with van der Waals surface area (Å²) in [5.74, 6) is 1.13. The quantitative estimate of drug-likeness (QED) is 0.277. The monoisotopic (exact) mass is 419 g/mol. The third kappa shape index (κ3) is 6.13. The molecule has 26 heavy (non-hydrogen) atoms. The van der Waals surface area contributed by atoms with Crippen LogP contribution in [0.3, 0.4) is 0 Å². The van der Waals surface area contributed by atoms with Crippen LogP contribution in [0, 0.1) is 6.92 Å². The number of aromatic nitrogens is 1. The Morgan fingerprint density at radius 1 is 1.19 bits per heavy atom. The zero-order valence-electron chi connectivity index (χ0n) is 15.6. The number of rotatable bonds is 9. The number of nitrogens with zero attached hydrogens (tertiary/aromatic N) is 1. The summed E-state index contributed by atoms with van der Waals surface area (Å²) in [6.45, 7) is 6.03. The highest BCUT2D eigenvalue weighted by molar-refractivity contribution is 9.10. The van der Waals surface area contributed by atoms with Gasteiger partial charge in [0.25, 0.3) is 0 Å². The molecule has 2 rings (SSSR count). The summed E-state index contributed by atoms with van der Waals surface area (Å²) in [5, 5.41) is 0. The summed E-state index contributed by atoms with van der Waals surface area (Å²) in [7, 11) is 0. The maximum Gasteiger partial charge on any atom is 0.311 e. The molecule has 1 aromatic carbocycles. The maximum atomic E-state index is 11.7. The molecule has 1 unspecified atom stereocenters. The van der Waals surface area contributed by atoms with Gasteiger partial charge in [-0.15, -0.1) is 0 Å². The van der Waals surface area contributed by atoms with E-state index in [4.69, 9.17) is 9.47 Å². The molecular weight excluding hydrogens is 394 g/mol. The summed E-state index contributed by atoms with van der Waals surface area (Å²) < 4.78 is 12.4. The number of esters is 1. The zero-order valence-corrected chi connectivity index (χ0v) is 17.2. The van der Waals surface area contributed by atoms with Gasteiger partial charge in [0.1, 0.15) is 22.2 Å². The molecule has 0 N–H and O–H groups in total. The van der Waals surface area contributed by atoms with Crippen molar-refractivity contribution in [1.82, 2.24) is 4.98 Å². The third-order valence-electron chi connectivity index (χ3n) is 3.99. The van der Waals surface area contributed by atoms with E-state index in [1.807, 2.05) is 44.2 Å². The Hall–Kier alpha value is -1.88. The minimum atomic E-state index is -0.205. The van der Waals surface area contributed by atoms with Crippen LogP contribution in [0.2, 0.25) is 0 Å². The molecule has 0 radical (unpaired) electrons. The Labute approximate surface area is 164 Å². The van der Waals surface area contributed by atoms with E-state index >= 15 is 0 Å². The van der Waals surface area contributed by atoms with Crippen LogP contribution < -0.4 is 9.47 Å². The summed E-state index contributed by atoms with van der Waals surface area (Å²) >= 11 is 3.43. The van der Waals surface area contributed by atoms with Gasteiger partial charge < -0.3 is 9.47 Å². The molecule has 1 heterocycles. The lowest BCUT2D eigenvalue weighted by Gasteiger charge is -2.19. The van der Waals surface area contributed by atoms with E-state index in [1.165, 1.54) is 0 Å². The fourth-order valence-corrected chi connectivity index (χ4v) is 2.97. The van der Waals surface area contributed by atoms with Gasteiger partial charge in [-0.25, -0.2) is 4.98 Å². The average molecular weight is 420 g/mol. The Balaban J connectivity index is 2.14. The number of unbranched alkanes of at least 4 members (excludes halogenated alkanes) is 1. The molecule has 0 aliphatic carbocycles. The number of hydrogen-bond donors (Lipinski definition) is 0. The molecule has 0 saturated heterocycles. The van der Waals surface area contributed by atoms with E-state index in [9.17, 15) is 4.79 Å². The molecule has 1 aromatic heterocycles. The van der Waals surface area contributed by atoms with Gasteiger partial charge in [-0.2, -0.15) is 0 Å². The Kier molecular flexibility index (Phi) is 8.10. The third-order valence-corrected chi connectivity index (χ3v) is 4.43. The number of carbonyl (C=O) groups is 1. The van der Waals surface area contributed by atoms with Crippen molar-refractivity contribution >= 4 is 21.9 Å². The lowest BCUT2D eigenvalue weighted by Crippen LogP contribution is -2.11. The molecule has 5 heteroatoms. The van der Waals surface area contributed by atoms with Crippen LogP contribution in [0.4, 0.5) is 0 Å². The smallest absolute Gasteiger partial charge is 0.311 e. The van der Waals surface area contributed by atoms with Crippen LogP contribution in [0.5, 0.6) is 11.5 Å². The number of halogens is 1. The first-order valence-corrected chi connectivity index (χ1v) is 9.93. The zero-order chi connectivity index (χ0) is 18.9. The number of carbonyl (C=O) groups excluding carboxylic acids is 1. The van der Waals surface area contributed by atoms with Crippen molar-refractivity contribution in [1.29, 1.82) is 0 Å². The number of ether oxygens (including phenoxy) is 2. The second-order valence-electron chi connectivity index (χ2n) is 6.29. The molecule has 0 aliphatic rings. The first kappa shape index (κ1) is 20.4. The molecule has 0 amide bonds. The van der Waals surface area contributed by atoms with Crippen LogP contribution in [0.1, 0.15) is 63.3 Å². The van der Waals surface area contributed by atoms with Gasteiger partial charge >= 0.3 is 5.97 Å². The Bertz CT molecular complexity index is 733. The van der Waals surface area contributed by atoms with E-state index in [-0.39, 0.29) is 12.1 Å². The molecular formula is C21H26BrNO3. The predicted molar refractivity (Wildman–Crippen MR) is 107 cm³/mol. The van der Waals surface area contributed by atoms with Crippen LogP contribution in [-0.4, -0.2) is 11.0 Å². The van der Waals surface area contributed by atoms with Crippen molar-refractivity contribution in [3.05, 3.63) is 52.3 Å². The van der Waals surface area contributed by atoms with E-state index in [0.717, 1.165) is 47.3 Å². The van der Waals surface area contributed by atoms with E-state index < -0.39 is 0 Å². The minimum absolute atomic E-state index is 0.111. The lowest BCUT2D eigenvalue weighted by molar-refractivity contribution is -0.134. The highest BCUT2D eigenvalue weighted by Gasteiger charge is 2.16. The van der Waals surface area contributed by atoms with Crippen LogP contribution in [-0.2, 0) is 4.79 Å². The van der Waals surface area contributed by atoms with Crippen molar-refractivity contribution in [2.24, 2.45) is 0 Å². The van der Waals surface area contributed by atoms with Gasteiger partial charge in [0.05, 0.1) is 5.69 Å². The number of benzene rings is 1. The maximum absolute atomic E-state index is 11.7. The molecule has 0 aliphatic heterocycles. The topological polar surface area (TPSA) is 48.4 Å². The largest absolute Gasteiger partial charge is 0.484 e. The molecule has 140 valence electrons. The first-order chi connectivity index (χ1) is 12.5. The summed E-state index contributed by atoms with van der Waals surface area (Å²) in [4.78, 5) is 16.2. The van der Waals surface area contributed by atoms with Gasteiger partial charge in [0.2, 0.25) is 0 Å². The van der Waals surface area contributed by atoms with Crippen molar-refractivity contribution in [2.45, 2.75) is 59.0 Å². The summed E-state index contributed by atoms with van der Waals surface area (Å²) in [5.41, 5.74) is 1.78. The Morgan fingerprint density at radius 3 is 2.65 bits per heavy atom. The van der Waals surface area contributed by atoms with Crippen LogP contribution in [0.15, 0.2) is 41.0 Å². The van der Waals surface area contributed by atoms with Gasteiger partial charge in [-0.1, -0.05) is 26.3 Å². The molecule has 0 saturated carbocycles. The van der Waals surface area contributed by atoms with Crippen molar-refractivity contribution in [3.63, 3.8) is 0 Å². The second-order valence-corrected chi connectivity index (χ2v) is 7.10. The van der Waals surface area contributed by atoms with Gasteiger partial charge in [0.15, 0.2) is 0 Å². The SMILES string of the molecule is CCCCC(Oc1ccc(OC(=O)CCC)c(C)c1)c1cccc(Br)n1. The average Bonchev–Trinajstić information content (AvgIpc) is 2.61. The molecule has 2 aromatic rings. The van der Waals surface area contributed by atoms with Crippen molar-refractivity contribution in [2.75, 3.05) is 0 Å². The number of hydrogen-bond acceptors (Lipinski definition) is 4. The van der Waals surface area contributed by atoms with E-state index in [0.29, 0.717) is 12.2 Å². The first-order valence-electron chi connectivity index (χ1n) is 9.14. The van der Waals surface area contributed by atoms with Crippen LogP contribution in [0.25, 0.3) is 0 Å². The van der Waals surface area contributed by atoms with Crippen molar-refractivity contribution in [3.8, 4) is 11.5 Å². The molecule has 0 bridgehead atoms. The standard InChI is InChI=1S/C21H26BrNO3/c1-4-6-10-19(17-9-7-11-20(22)23-17)25-16-12-13-18(15(3)14-16)26-21(24)8-5-2/h7,9,11-14,19H,4-6,8,10H2,1-3H3. The number of pyridine rings is 1. The highest BCUT2D eigenvalue weighted by atomic mass is 79.9. The second kappa shape index (κ2) is 10.3. The normalized spacial score (nSPS) is 11.8. The lowest BCUT2D eigenvalue weighted by atomic mass is 10.1. The summed E-state index contributed by atoms with van der Waals surface area (Å²) in [6, 6.07) is 11.4. The van der Waals surface area contributed by atoms with Gasteiger partial charge in [-0.3, -0.25) is 4.79 Å². The van der Waals surface area contributed by atoms with Gasteiger partial charge in [0, 0.05) is 6.42 Å². The fraction of sp³-hybridized carbons (Fsp3) is 0.429. The molecule has 0 spiro atoms. The summed E-state index contributed by atoms with van der Waals surface area (Å²) in [6.07, 6.45) is 4.14. The van der Waals surface area contributed by atoms with E-state index in [1.54, 1.807) is 6.07 Å². The Morgan fingerprint density at radius 2 is 2.00 bits per heavy atom. The molecule has 0 fully saturated rings. The van der Waals surface area contributed by atoms with Crippen LogP contribution >= 0.6 is 15.9 Å².